The Labute approximate surface area is 168 Å². The van der Waals surface area contributed by atoms with E-state index in [2.05, 4.69) is 10.5 Å². The highest BCUT2D eigenvalue weighted by molar-refractivity contribution is 7.89. The highest BCUT2D eigenvalue weighted by atomic mass is 32.2. The number of nitrogens with one attached hydrogen (secondary N) is 1. The standard InChI is InChI=1S/C18H20N4O6S/c1-13-7-8-16(28-3)17(9-13)29(26,27)21(2)12-18(23)20-19-11-14-5-4-6-15(10-14)22(24)25/h4-11H,12H2,1-3H3,(H,20,23)/b19-11-. The second-order valence-electron chi connectivity index (χ2n) is 6.06. The first-order valence-electron chi connectivity index (χ1n) is 8.32. The average molecular weight is 420 g/mol. The number of likely N-dealkylation sites (N-methyl/N-ethyl adjacent to an activating group) is 1. The molecule has 0 heterocycles. The van der Waals surface area contributed by atoms with E-state index in [9.17, 15) is 23.3 Å². The van der Waals surface area contributed by atoms with E-state index in [1.54, 1.807) is 25.1 Å². The molecule has 1 amide bonds. The van der Waals surface area contributed by atoms with E-state index in [0.717, 1.165) is 9.87 Å². The largest absolute Gasteiger partial charge is 0.495 e. The van der Waals surface area contributed by atoms with Gasteiger partial charge in [-0.2, -0.15) is 9.41 Å². The molecule has 10 nitrogen and oxygen atoms in total. The molecule has 0 saturated carbocycles. The molecule has 0 atom stereocenters. The number of aryl methyl sites for hydroxylation is 1. The van der Waals surface area contributed by atoms with Crippen molar-refractivity contribution in [2.24, 2.45) is 5.10 Å². The van der Waals surface area contributed by atoms with E-state index in [4.69, 9.17) is 4.74 Å². The molecule has 0 radical (unpaired) electrons. The van der Waals surface area contributed by atoms with Crippen LogP contribution in [0.4, 0.5) is 5.69 Å². The number of benzene rings is 2. The zero-order chi connectivity index (χ0) is 21.6. The van der Waals surface area contributed by atoms with E-state index >= 15 is 0 Å². The molecule has 0 saturated heterocycles. The molecule has 2 aromatic rings. The molecule has 2 rings (SSSR count). The van der Waals surface area contributed by atoms with Crippen molar-refractivity contribution in [3.05, 3.63) is 63.7 Å². The number of non-ortho nitro benzene ring substituents is 1. The summed E-state index contributed by atoms with van der Waals surface area (Å²) < 4.78 is 31.5. The lowest BCUT2D eigenvalue weighted by molar-refractivity contribution is -0.384. The fourth-order valence-corrected chi connectivity index (χ4v) is 3.74. The van der Waals surface area contributed by atoms with E-state index in [1.807, 2.05) is 0 Å². The minimum Gasteiger partial charge on any atom is -0.495 e. The molecule has 154 valence electrons. The maximum Gasteiger partial charge on any atom is 0.270 e. The fourth-order valence-electron chi connectivity index (χ4n) is 2.37. The number of hydrogen-bond donors (Lipinski definition) is 1. The van der Waals surface area contributed by atoms with Crippen molar-refractivity contribution < 1.29 is 22.9 Å². The first-order chi connectivity index (χ1) is 13.6. The summed E-state index contributed by atoms with van der Waals surface area (Å²) in [7, 11) is -1.35. The van der Waals surface area contributed by atoms with E-state index < -0.39 is 27.4 Å². The number of ether oxygens (including phenoxy) is 1. The molecular weight excluding hydrogens is 400 g/mol. The van der Waals surface area contributed by atoms with Gasteiger partial charge in [0.1, 0.15) is 10.6 Å². The average Bonchev–Trinajstić information content (AvgIpc) is 2.68. The number of carbonyl (C=O) groups is 1. The number of hydrogen-bond acceptors (Lipinski definition) is 7. The normalized spacial score (nSPS) is 11.6. The number of nitrogens with zero attached hydrogens (tertiary/aromatic N) is 3. The minimum atomic E-state index is -3.97. The van der Waals surface area contributed by atoms with Gasteiger partial charge >= 0.3 is 0 Å². The molecule has 1 N–H and O–H groups in total. The maximum atomic E-state index is 12.8. The highest BCUT2D eigenvalue weighted by Gasteiger charge is 2.26. The van der Waals surface area contributed by atoms with Gasteiger partial charge in [0.05, 0.1) is 24.8 Å². The van der Waals surface area contributed by atoms with Gasteiger partial charge in [-0.1, -0.05) is 18.2 Å². The number of rotatable bonds is 8. The van der Waals surface area contributed by atoms with Gasteiger partial charge in [0, 0.05) is 24.7 Å². The van der Waals surface area contributed by atoms with Crippen LogP contribution in [0.1, 0.15) is 11.1 Å². The van der Waals surface area contributed by atoms with Gasteiger partial charge in [-0.05, 0) is 24.6 Å². The van der Waals surface area contributed by atoms with Gasteiger partial charge < -0.3 is 4.74 Å². The van der Waals surface area contributed by atoms with Gasteiger partial charge in [-0.25, -0.2) is 13.8 Å². The van der Waals surface area contributed by atoms with Crippen LogP contribution in [0.3, 0.4) is 0 Å². The Kier molecular flexibility index (Phi) is 7.02. The summed E-state index contributed by atoms with van der Waals surface area (Å²) >= 11 is 0. The number of methoxy groups -OCH3 is 1. The van der Waals surface area contributed by atoms with Crippen LogP contribution in [0.2, 0.25) is 0 Å². The predicted molar refractivity (Wildman–Crippen MR) is 106 cm³/mol. The van der Waals surface area contributed by atoms with Crippen molar-refractivity contribution in [3.63, 3.8) is 0 Å². The van der Waals surface area contributed by atoms with E-state index in [0.29, 0.717) is 5.56 Å². The zero-order valence-corrected chi connectivity index (χ0v) is 16.8. The van der Waals surface area contributed by atoms with Gasteiger partial charge in [0.15, 0.2) is 0 Å². The van der Waals surface area contributed by atoms with Crippen LogP contribution in [0.15, 0.2) is 52.5 Å². The van der Waals surface area contributed by atoms with Crippen molar-refractivity contribution in [3.8, 4) is 5.75 Å². The third-order valence-electron chi connectivity index (χ3n) is 3.86. The number of nitro benzene ring substituents is 1. The SMILES string of the molecule is COc1ccc(C)cc1S(=O)(=O)N(C)CC(=O)N/N=C\c1cccc([N+](=O)[O-])c1. The Morgan fingerprint density at radius 3 is 2.69 bits per heavy atom. The van der Waals surface area contributed by atoms with E-state index in [-0.39, 0.29) is 16.3 Å². The third-order valence-corrected chi connectivity index (χ3v) is 5.68. The molecule has 29 heavy (non-hydrogen) atoms. The summed E-state index contributed by atoms with van der Waals surface area (Å²) in [6, 6.07) is 10.4. The van der Waals surface area contributed by atoms with Crippen molar-refractivity contribution in [2.75, 3.05) is 20.7 Å². The topological polar surface area (TPSA) is 131 Å². The molecule has 11 heteroatoms. The van der Waals surface area contributed by atoms with Crippen molar-refractivity contribution in [2.45, 2.75) is 11.8 Å². The Bertz CT molecular complexity index is 1050. The molecule has 0 aliphatic carbocycles. The number of sulfonamides is 1. The van der Waals surface area contributed by atoms with Crippen molar-refractivity contribution >= 4 is 27.8 Å². The number of nitro groups is 1. The fraction of sp³-hybridized carbons (Fsp3) is 0.222. The monoisotopic (exact) mass is 420 g/mol. The molecule has 0 aliphatic rings. The lowest BCUT2D eigenvalue weighted by atomic mass is 10.2. The van der Waals surface area contributed by atoms with Gasteiger partial charge in [-0.15, -0.1) is 0 Å². The summed E-state index contributed by atoms with van der Waals surface area (Å²) in [6.07, 6.45) is 1.23. The lowest BCUT2D eigenvalue weighted by Crippen LogP contribution is -2.36. The lowest BCUT2D eigenvalue weighted by Gasteiger charge is -2.18. The molecule has 0 spiro atoms. The summed E-state index contributed by atoms with van der Waals surface area (Å²) in [4.78, 5) is 22.2. The molecular formula is C18H20N4O6S. The minimum absolute atomic E-state index is 0.0459. The van der Waals surface area contributed by atoms with Crippen molar-refractivity contribution in [1.82, 2.24) is 9.73 Å². The molecule has 0 aliphatic heterocycles. The Hall–Kier alpha value is -3.31. The van der Waals surface area contributed by atoms with Crippen molar-refractivity contribution in [1.29, 1.82) is 0 Å². The second-order valence-corrected chi connectivity index (χ2v) is 8.07. The Morgan fingerprint density at radius 1 is 1.31 bits per heavy atom. The van der Waals surface area contributed by atoms with Gasteiger partial charge in [0.2, 0.25) is 10.0 Å². The van der Waals surface area contributed by atoms with Crippen LogP contribution in [0, 0.1) is 17.0 Å². The summed E-state index contributed by atoms with van der Waals surface area (Å²) in [6.45, 7) is 1.26. The van der Waals surface area contributed by atoms with Crippen LogP contribution >= 0.6 is 0 Å². The molecule has 0 aromatic heterocycles. The maximum absolute atomic E-state index is 12.8. The first kappa shape index (κ1) is 22.0. The quantitative estimate of drug-likeness (QED) is 0.393. The third kappa shape index (κ3) is 5.59. The first-order valence-corrected chi connectivity index (χ1v) is 9.76. The summed E-state index contributed by atoms with van der Waals surface area (Å²) in [5.74, 6) is -0.504. The van der Waals surface area contributed by atoms with E-state index in [1.165, 1.54) is 44.6 Å². The molecule has 0 unspecified atom stereocenters. The zero-order valence-electron chi connectivity index (χ0n) is 16.0. The molecule has 2 aromatic carbocycles. The number of hydrazone groups is 1. The van der Waals surface area contributed by atoms with Gasteiger partial charge in [-0.3, -0.25) is 14.9 Å². The Balaban J connectivity index is 2.06. The highest BCUT2D eigenvalue weighted by Crippen LogP contribution is 2.27. The van der Waals surface area contributed by atoms with Crippen LogP contribution in [-0.2, 0) is 14.8 Å². The molecule has 0 bridgehead atoms. The van der Waals surface area contributed by atoms with Crippen LogP contribution in [0.25, 0.3) is 0 Å². The van der Waals surface area contributed by atoms with Crippen LogP contribution in [0.5, 0.6) is 5.75 Å². The van der Waals surface area contributed by atoms with Crippen LogP contribution < -0.4 is 10.2 Å². The number of amides is 1. The Morgan fingerprint density at radius 2 is 2.03 bits per heavy atom. The predicted octanol–water partition coefficient (Wildman–Crippen LogP) is 1.68. The smallest absolute Gasteiger partial charge is 0.270 e. The van der Waals surface area contributed by atoms with Crippen LogP contribution in [-0.4, -0.2) is 50.5 Å². The van der Waals surface area contributed by atoms with Gasteiger partial charge in [0.25, 0.3) is 11.6 Å². The molecule has 0 fully saturated rings. The summed E-state index contributed by atoms with van der Waals surface area (Å²) in [5.41, 5.74) is 3.22. The number of carbonyl (C=O) groups excluding carboxylic acids is 1. The summed E-state index contributed by atoms with van der Waals surface area (Å²) in [5, 5.41) is 14.5. The second kappa shape index (κ2) is 9.26.